The molecule has 0 spiro atoms. The Labute approximate surface area is 132 Å². The molecular weight excluding hydrogens is 264 g/mol. The zero-order chi connectivity index (χ0) is 15.1. The van der Waals surface area contributed by atoms with Crippen LogP contribution >= 0.6 is 12.2 Å². The van der Waals surface area contributed by atoms with Gasteiger partial charge in [0, 0.05) is 19.6 Å². The van der Waals surface area contributed by atoms with Crippen LogP contribution in [-0.4, -0.2) is 29.6 Å². The molecule has 0 aromatic carbocycles. The lowest BCUT2D eigenvalue weighted by molar-refractivity contribution is 0.381. The molecule has 0 atom stereocenters. The minimum absolute atomic E-state index is 0.978. The number of nitrogens with one attached hydrogen (secondary N) is 1. The average Bonchev–Trinajstić information content (AvgIpc) is 2.45. The monoisotopic (exact) mass is 300 g/mol. The minimum atomic E-state index is 0.978. The summed E-state index contributed by atoms with van der Waals surface area (Å²) in [6.45, 7) is 10.0. The zero-order valence-corrected chi connectivity index (χ0v) is 14.9. The maximum Gasteiger partial charge on any atom is 0.168 e. The van der Waals surface area contributed by atoms with Crippen LogP contribution in [0.2, 0.25) is 0 Å². The van der Waals surface area contributed by atoms with Gasteiger partial charge < -0.3 is 10.2 Å². The average molecular weight is 301 g/mol. The Hall–Kier alpha value is -0.310. The van der Waals surface area contributed by atoms with Gasteiger partial charge in [-0.15, -0.1) is 0 Å². The van der Waals surface area contributed by atoms with Gasteiger partial charge in [-0.2, -0.15) is 0 Å². The van der Waals surface area contributed by atoms with Crippen LogP contribution in [0.25, 0.3) is 0 Å². The van der Waals surface area contributed by atoms with Gasteiger partial charge in [-0.3, -0.25) is 0 Å². The lowest BCUT2D eigenvalue weighted by Gasteiger charge is -2.26. The van der Waals surface area contributed by atoms with Gasteiger partial charge in [0.05, 0.1) is 0 Å². The van der Waals surface area contributed by atoms with E-state index in [4.69, 9.17) is 12.2 Å². The molecule has 0 amide bonds. The molecule has 0 heterocycles. The first-order chi connectivity index (χ1) is 9.76. The highest BCUT2D eigenvalue weighted by Gasteiger charge is 2.08. The summed E-state index contributed by atoms with van der Waals surface area (Å²) >= 11 is 5.56. The molecule has 0 aromatic rings. The number of thiocarbonyl (C=S) groups is 1. The molecule has 3 heteroatoms. The number of rotatable bonds is 13. The molecule has 2 nitrogen and oxygen atoms in total. The molecule has 0 aliphatic heterocycles. The van der Waals surface area contributed by atoms with Crippen molar-refractivity contribution in [3.63, 3.8) is 0 Å². The second kappa shape index (κ2) is 15.1. The van der Waals surface area contributed by atoms with Crippen LogP contribution in [0.1, 0.15) is 85.0 Å². The van der Waals surface area contributed by atoms with Gasteiger partial charge >= 0.3 is 0 Å². The molecule has 0 fully saturated rings. The molecule has 0 saturated heterocycles. The van der Waals surface area contributed by atoms with E-state index in [-0.39, 0.29) is 0 Å². The van der Waals surface area contributed by atoms with Crippen LogP contribution in [0.3, 0.4) is 0 Å². The normalized spacial score (nSPS) is 10.6. The molecule has 120 valence electrons. The van der Waals surface area contributed by atoms with E-state index in [0.29, 0.717) is 0 Å². The fraction of sp³-hybridized carbons (Fsp3) is 0.941. The molecule has 0 rings (SSSR count). The number of unbranched alkanes of at least 4 members (excludes halogenated alkanes) is 7. The highest BCUT2D eigenvalue weighted by molar-refractivity contribution is 7.80. The van der Waals surface area contributed by atoms with E-state index in [1.807, 2.05) is 0 Å². The number of hydrogen-bond acceptors (Lipinski definition) is 1. The lowest BCUT2D eigenvalue weighted by Crippen LogP contribution is -2.41. The smallest absolute Gasteiger partial charge is 0.168 e. The van der Waals surface area contributed by atoms with Crippen molar-refractivity contribution in [1.82, 2.24) is 10.2 Å². The van der Waals surface area contributed by atoms with Crippen molar-refractivity contribution in [2.75, 3.05) is 19.6 Å². The summed E-state index contributed by atoms with van der Waals surface area (Å²) in [5, 5.41) is 4.40. The Balaban J connectivity index is 3.98. The van der Waals surface area contributed by atoms with Gasteiger partial charge in [0.25, 0.3) is 0 Å². The fourth-order valence-electron chi connectivity index (χ4n) is 2.26. The fourth-order valence-corrected chi connectivity index (χ4v) is 2.54. The standard InChI is InChI=1S/C17H36N2S/c1-4-7-10-12-15-19(16-13-11-8-5-2)17(20)18-14-9-6-3/h4-16H2,1-3H3,(H,18,20). The summed E-state index contributed by atoms with van der Waals surface area (Å²) in [7, 11) is 0. The second-order valence-electron chi connectivity index (χ2n) is 5.69. The predicted molar refractivity (Wildman–Crippen MR) is 95.4 cm³/mol. The van der Waals surface area contributed by atoms with Crippen LogP contribution in [-0.2, 0) is 0 Å². The molecule has 20 heavy (non-hydrogen) atoms. The van der Waals surface area contributed by atoms with E-state index in [1.54, 1.807) is 0 Å². The predicted octanol–water partition coefficient (Wildman–Crippen LogP) is 5.12. The third-order valence-corrected chi connectivity index (χ3v) is 4.06. The Bertz CT molecular complexity index is 207. The van der Waals surface area contributed by atoms with Gasteiger partial charge in [0.1, 0.15) is 0 Å². The first kappa shape index (κ1) is 19.7. The van der Waals surface area contributed by atoms with Crippen LogP contribution < -0.4 is 5.32 Å². The van der Waals surface area contributed by atoms with E-state index >= 15 is 0 Å². The summed E-state index contributed by atoms with van der Waals surface area (Å²) in [5.74, 6) is 0. The highest BCUT2D eigenvalue weighted by atomic mass is 32.1. The molecule has 0 unspecified atom stereocenters. The Morgan fingerprint density at radius 1 is 0.750 bits per heavy atom. The van der Waals surface area contributed by atoms with Crippen molar-refractivity contribution < 1.29 is 0 Å². The molecule has 0 aliphatic carbocycles. The summed E-state index contributed by atoms with van der Waals surface area (Å²) < 4.78 is 0. The maximum atomic E-state index is 5.56. The van der Waals surface area contributed by atoms with Crippen molar-refractivity contribution in [1.29, 1.82) is 0 Å². The second-order valence-corrected chi connectivity index (χ2v) is 6.08. The van der Waals surface area contributed by atoms with Gasteiger partial charge in [-0.05, 0) is 31.5 Å². The minimum Gasteiger partial charge on any atom is -0.363 e. The molecule has 0 radical (unpaired) electrons. The molecule has 0 aromatic heterocycles. The quantitative estimate of drug-likeness (QED) is 0.375. The van der Waals surface area contributed by atoms with Crippen molar-refractivity contribution in [3.05, 3.63) is 0 Å². The van der Waals surface area contributed by atoms with Gasteiger partial charge in [-0.1, -0.05) is 65.7 Å². The Morgan fingerprint density at radius 2 is 1.25 bits per heavy atom. The molecule has 0 aliphatic rings. The molecular formula is C17H36N2S. The van der Waals surface area contributed by atoms with Crippen LogP contribution in [0.4, 0.5) is 0 Å². The third kappa shape index (κ3) is 11.5. The Kier molecular flexibility index (Phi) is 14.9. The summed E-state index contributed by atoms with van der Waals surface area (Å²) in [6, 6.07) is 0. The van der Waals surface area contributed by atoms with Crippen LogP contribution in [0.15, 0.2) is 0 Å². The van der Waals surface area contributed by atoms with Crippen LogP contribution in [0, 0.1) is 0 Å². The lowest BCUT2D eigenvalue weighted by atomic mass is 10.2. The number of nitrogens with zero attached hydrogens (tertiary/aromatic N) is 1. The summed E-state index contributed by atoms with van der Waals surface area (Å²) in [6.07, 6.45) is 12.9. The Morgan fingerprint density at radius 3 is 1.70 bits per heavy atom. The van der Waals surface area contributed by atoms with Crippen molar-refractivity contribution in [3.8, 4) is 0 Å². The van der Waals surface area contributed by atoms with Gasteiger partial charge in [0.15, 0.2) is 5.11 Å². The first-order valence-electron chi connectivity index (χ1n) is 8.79. The summed E-state index contributed by atoms with van der Waals surface area (Å²) in [4.78, 5) is 2.40. The van der Waals surface area contributed by atoms with E-state index in [0.717, 1.165) is 24.7 Å². The topological polar surface area (TPSA) is 15.3 Å². The molecule has 1 N–H and O–H groups in total. The van der Waals surface area contributed by atoms with E-state index in [2.05, 4.69) is 31.0 Å². The SMILES string of the molecule is CCCCCCN(CCCCCC)C(=S)NCCCC. The highest BCUT2D eigenvalue weighted by Crippen LogP contribution is 2.06. The largest absolute Gasteiger partial charge is 0.363 e. The van der Waals surface area contributed by atoms with Crippen LogP contribution in [0.5, 0.6) is 0 Å². The van der Waals surface area contributed by atoms with Gasteiger partial charge in [0.2, 0.25) is 0 Å². The first-order valence-corrected chi connectivity index (χ1v) is 9.19. The van der Waals surface area contributed by atoms with Crippen molar-refractivity contribution in [2.24, 2.45) is 0 Å². The van der Waals surface area contributed by atoms with Crippen molar-refractivity contribution >= 4 is 17.3 Å². The molecule has 0 bridgehead atoms. The number of hydrogen-bond donors (Lipinski definition) is 1. The zero-order valence-electron chi connectivity index (χ0n) is 14.0. The van der Waals surface area contributed by atoms with E-state index < -0.39 is 0 Å². The van der Waals surface area contributed by atoms with Gasteiger partial charge in [-0.25, -0.2) is 0 Å². The molecule has 0 saturated carbocycles. The van der Waals surface area contributed by atoms with E-state index in [1.165, 1.54) is 64.2 Å². The van der Waals surface area contributed by atoms with E-state index in [9.17, 15) is 0 Å². The maximum absolute atomic E-state index is 5.56. The third-order valence-electron chi connectivity index (χ3n) is 3.66. The summed E-state index contributed by atoms with van der Waals surface area (Å²) in [5.41, 5.74) is 0. The van der Waals surface area contributed by atoms with Crippen molar-refractivity contribution in [2.45, 2.75) is 85.0 Å².